The summed E-state index contributed by atoms with van der Waals surface area (Å²) in [5.74, 6) is 2.03. The Balaban J connectivity index is 2.39. The molecule has 0 bridgehead atoms. The van der Waals surface area contributed by atoms with Gasteiger partial charge >= 0.3 is 0 Å². The maximum Gasteiger partial charge on any atom is 0.136 e. The highest BCUT2D eigenvalue weighted by molar-refractivity contribution is 5.45. The summed E-state index contributed by atoms with van der Waals surface area (Å²) in [6, 6.07) is 6.49. The van der Waals surface area contributed by atoms with E-state index < -0.39 is 0 Å². The molecular formula is C17H22O. The van der Waals surface area contributed by atoms with Crippen molar-refractivity contribution in [1.82, 2.24) is 0 Å². The van der Waals surface area contributed by atoms with Crippen LogP contribution in [0.3, 0.4) is 0 Å². The molecule has 0 N–H and O–H groups in total. The molecule has 0 heterocycles. The molecule has 1 nitrogen and oxygen atoms in total. The first-order valence-electron chi connectivity index (χ1n) is 6.74. The number of benzene rings is 1. The lowest BCUT2D eigenvalue weighted by Gasteiger charge is -2.21. The molecule has 18 heavy (non-hydrogen) atoms. The number of rotatable bonds is 4. The van der Waals surface area contributed by atoms with Gasteiger partial charge in [0.25, 0.3) is 0 Å². The van der Waals surface area contributed by atoms with E-state index in [1.54, 1.807) is 0 Å². The van der Waals surface area contributed by atoms with Crippen molar-refractivity contribution in [1.29, 1.82) is 0 Å². The third-order valence-electron chi connectivity index (χ3n) is 3.29. The molecule has 1 aromatic carbocycles. The van der Waals surface area contributed by atoms with Crippen LogP contribution in [0.25, 0.3) is 0 Å². The molecule has 0 unspecified atom stereocenters. The lowest BCUT2D eigenvalue weighted by molar-refractivity contribution is 0.290. The third kappa shape index (κ3) is 2.66. The predicted molar refractivity (Wildman–Crippen MR) is 77.3 cm³/mol. The van der Waals surface area contributed by atoms with E-state index in [-0.39, 0.29) is 6.10 Å². The molecule has 0 amide bonds. The molecule has 0 atom stereocenters. The zero-order valence-electron chi connectivity index (χ0n) is 11.7. The van der Waals surface area contributed by atoms with Crippen LogP contribution in [0.4, 0.5) is 0 Å². The van der Waals surface area contributed by atoms with Crippen molar-refractivity contribution in [2.75, 3.05) is 0 Å². The molecule has 96 valence electrons. The normalized spacial score (nSPS) is 15.0. The molecule has 0 saturated heterocycles. The second-order valence-electron chi connectivity index (χ2n) is 5.43. The molecule has 1 heteroatoms. The standard InChI is InChI=1S/C17H22O/c1-12(2)15-10-7-11-16(13(3)4)17(15)18-14-8-5-6-9-14/h5-14H,1-4H3. The predicted octanol–water partition coefficient (Wildman–Crippen LogP) is 4.81. The Bertz CT molecular complexity index is 428. The lowest BCUT2D eigenvalue weighted by atomic mass is 9.94. The second kappa shape index (κ2) is 5.43. The molecule has 1 aliphatic carbocycles. The number of ether oxygens (including phenoxy) is 1. The molecule has 1 aromatic rings. The molecule has 0 fully saturated rings. The molecular weight excluding hydrogens is 220 g/mol. The first-order chi connectivity index (χ1) is 8.59. The highest BCUT2D eigenvalue weighted by atomic mass is 16.5. The second-order valence-corrected chi connectivity index (χ2v) is 5.43. The summed E-state index contributed by atoms with van der Waals surface area (Å²) in [6.45, 7) is 8.86. The Labute approximate surface area is 110 Å². The fourth-order valence-electron chi connectivity index (χ4n) is 2.24. The number of para-hydroxylation sites is 1. The van der Waals surface area contributed by atoms with Crippen molar-refractivity contribution in [2.45, 2.75) is 45.6 Å². The van der Waals surface area contributed by atoms with Gasteiger partial charge in [0.05, 0.1) is 0 Å². The monoisotopic (exact) mass is 242 g/mol. The van der Waals surface area contributed by atoms with Gasteiger partial charge in [-0.1, -0.05) is 58.0 Å². The first kappa shape index (κ1) is 12.9. The van der Waals surface area contributed by atoms with E-state index in [1.165, 1.54) is 11.1 Å². The molecule has 2 rings (SSSR count). The minimum Gasteiger partial charge on any atom is -0.482 e. The maximum absolute atomic E-state index is 6.19. The maximum atomic E-state index is 6.19. The summed E-state index contributed by atoms with van der Waals surface area (Å²) in [7, 11) is 0. The van der Waals surface area contributed by atoms with E-state index in [1.807, 2.05) is 12.2 Å². The Kier molecular flexibility index (Phi) is 3.90. The summed E-state index contributed by atoms with van der Waals surface area (Å²) >= 11 is 0. The molecule has 0 spiro atoms. The Hall–Kier alpha value is -1.50. The van der Waals surface area contributed by atoms with E-state index in [0.29, 0.717) is 11.8 Å². The third-order valence-corrected chi connectivity index (χ3v) is 3.29. The summed E-state index contributed by atoms with van der Waals surface area (Å²) in [6.07, 6.45) is 8.33. The van der Waals surface area contributed by atoms with Gasteiger partial charge in [-0.25, -0.2) is 0 Å². The molecule has 1 aliphatic rings. The van der Waals surface area contributed by atoms with E-state index in [2.05, 4.69) is 58.0 Å². The number of hydrogen-bond acceptors (Lipinski definition) is 1. The summed E-state index contributed by atoms with van der Waals surface area (Å²) in [5.41, 5.74) is 2.60. The van der Waals surface area contributed by atoms with Gasteiger partial charge < -0.3 is 4.74 Å². The van der Waals surface area contributed by atoms with Gasteiger partial charge in [-0.05, 0) is 35.1 Å². The van der Waals surface area contributed by atoms with Crippen molar-refractivity contribution in [3.8, 4) is 5.75 Å². The smallest absolute Gasteiger partial charge is 0.136 e. The van der Waals surface area contributed by atoms with Gasteiger partial charge in [0.15, 0.2) is 0 Å². The first-order valence-corrected chi connectivity index (χ1v) is 6.74. The Morgan fingerprint density at radius 1 is 0.889 bits per heavy atom. The Morgan fingerprint density at radius 3 is 1.83 bits per heavy atom. The molecule has 0 aliphatic heterocycles. The quantitative estimate of drug-likeness (QED) is 0.736. The van der Waals surface area contributed by atoms with Gasteiger partial charge in [0.1, 0.15) is 11.9 Å². The topological polar surface area (TPSA) is 9.23 Å². The SMILES string of the molecule is CC(C)c1cccc(C(C)C)c1OC1C=CC=C1. The zero-order chi connectivity index (χ0) is 13.1. The summed E-state index contributed by atoms with van der Waals surface area (Å²) < 4.78 is 6.19. The molecule has 0 aromatic heterocycles. The van der Waals surface area contributed by atoms with Gasteiger partial charge in [-0.2, -0.15) is 0 Å². The van der Waals surface area contributed by atoms with Crippen molar-refractivity contribution >= 4 is 0 Å². The van der Waals surface area contributed by atoms with Crippen molar-refractivity contribution < 1.29 is 4.74 Å². The fraction of sp³-hybridized carbons (Fsp3) is 0.412. The van der Waals surface area contributed by atoms with Crippen LogP contribution in [-0.2, 0) is 0 Å². The van der Waals surface area contributed by atoms with Crippen LogP contribution in [0, 0.1) is 0 Å². The summed E-state index contributed by atoms with van der Waals surface area (Å²) in [5, 5.41) is 0. The highest BCUT2D eigenvalue weighted by Gasteiger charge is 2.17. The van der Waals surface area contributed by atoms with Crippen LogP contribution in [-0.4, -0.2) is 6.10 Å². The number of hydrogen-bond donors (Lipinski definition) is 0. The van der Waals surface area contributed by atoms with Crippen molar-refractivity contribution in [3.05, 3.63) is 53.6 Å². The highest BCUT2D eigenvalue weighted by Crippen LogP contribution is 2.35. The average molecular weight is 242 g/mol. The average Bonchev–Trinajstić information content (AvgIpc) is 2.81. The molecule has 0 saturated carbocycles. The van der Waals surface area contributed by atoms with Crippen LogP contribution in [0.2, 0.25) is 0 Å². The van der Waals surface area contributed by atoms with E-state index in [0.717, 1.165) is 5.75 Å². The minimum absolute atomic E-state index is 0.0856. The van der Waals surface area contributed by atoms with E-state index in [9.17, 15) is 0 Å². The van der Waals surface area contributed by atoms with Gasteiger partial charge in [0.2, 0.25) is 0 Å². The van der Waals surface area contributed by atoms with Gasteiger partial charge in [-0.15, -0.1) is 0 Å². The van der Waals surface area contributed by atoms with Gasteiger partial charge in [-0.3, -0.25) is 0 Å². The minimum atomic E-state index is 0.0856. The van der Waals surface area contributed by atoms with E-state index in [4.69, 9.17) is 4.74 Å². The van der Waals surface area contributed by atoms with Crippen molar-refractivity contribution in [2.24, 2.45) is 0 Å². The van der Waals surface area contributed by atoms with Gasteiger partial charge in [0, 0.05) is 0 Å². The Morgan fingerprint density at radius 2 is 1.39 bits per heavy atom. The van der Waals surface area contributed by atoms with Crippen LogP contribution >= 0.6 is 0 Å². The zero-order valence-corrected chi connectivity index (χ0v) is 11.7. The number of allylic oxidation sites excluding steroid dienone is 2. The van der Waals surface area contributed by atoms with Crippen molar-refractivity contribution in [3.63, 3.8) is 0 Å². The summed E-state index contributed by atoms with van der Waals surface area (Å²) in [4.78, 5) is 0. The van der Waals surface area contributed by atoms with Crippen LogP contribution in [0.1, 0.15) is 50.7 Å². The largest absolute Gasteiger partial charge is 0.482 e. The van der Waals surface area contributed by atoms with Crippen LogP contribution in [0.15, 0.2) is 42.5 Å². The van der Waals surface area contributed by atoms with Crippen LogP contribution in [0.5, 0.6) is 5.75 Å². The lowest BCUT2D eigenvalue weighted by Crippen LogP contribution is -2.12. The van der Waals surface area contributed by atoms with E-state index >= 15 is 0 Å². The van der Waals surface area contributed by atoms with Crippen LogP contribution < -0.4 is 4.74 Å². The fourth-order valence-corrected chi connectivity index (χ4v) is 2.24. The molecule has 0 radical (unpaired) electrons.